The van der Waals surface area contributed by atoms with E-state index in [2.05, 4.69) is 15.0 Å². The predicted molar refractivity (Wildman–Crippen MR) is 101 cm³/mol. The molecule has 1 aliphatic carbocycles. The zero-order chi connectivity index (χ0) is 18.4. The summed E-state index contributed by atoms with van der Waals surface area (Å²) >= 11 is 0. The van der Waals surface area contributed by atoms with Crippen LogP contribution in [0.3, 0.4) is 0 Å². The molecule has 0 saturated heterocycles. The fourth-order valence-electron chi connectivity index (χ4n) is 3.68. The van der Waals surface area contributed by atoms with Gasteiger partial charge in [0.05, 0.1) is 17.6 Å². The van der Waals surface area contributed by atoms with Gasteiger partial charge in [0.25, 0.3) is 11.1 Å². The summed E-state index contributed by atoms with van der Waals surface area (Å²) in [5.74, 6) is 0. The topological polar surface area (TPSA) is 82.1 Å². The Balaban J connectivity index is 1.60. The third-order valence-electron chi connectivity index (χ3n) is 5.05. The lowest BCUT2D eigenvalue weighted by atomic mass is 9.95. The number of aromatic nitrogens is 5. The minimum Gasteiger partial charge on any atom is -0.293 e. The zero-order valence-electron chi connectivity index (χ0n) is 14.6. The lowest BCUT2D eigenvalue weighted by molar-refractivity contribution is 0.668. The van der Waals surface area contributed by atoms with E-state index in [4.69, 9.17) is 0 Å². The fourth-order valence-corrected chi connectivity index (χ4v) is 3.68. The SMILES string of the molecule is O=c1c2cc3c(nc2ncn1Cc1cc(=O)n2ccccc2n1)CCCC3. The van der Waals surface area contributed by atoms with Crippen LogP contribution < -0.4 is 11.1 Å². The molecule has 0 saturated carbocycles. The average molecular weight is 359 g/mol. The first-order valence-electron chi connectivity index (χ1n) is 9.04. The van der Waals surface area contributed by atoms with Crippen molar-refractivity contribution in [1.29, 1.82) is 0 Å². The van der Waals surface area contributed by atoms with Crippen LogP contribution in [0.5, 0.6) is 0 Å². The molecule has 0 N–H and O–H groups in total. The van der Waals surface area contributed by atoms with Crippen molar-refractivity contribution in [2.24, 2.45) is 0 Å². The van der Waals surface area contributed by atoms with Crippen LogP contribution in [-0.4, -0.2) is 23.9 Å². The standard InChI is InChI=1S/C20H17N5O2/c26-18-10-14(22-17-7-3-4-8-25(17)18)11-24-12-21-19-15(20(24)27)9-13-5-1-2-6-16(13)23-19/h3-4,7-10,12H,1-2,5-6,11H2. The van der Waals surface area contributed by atoms with Crippen LogP contribution in [0, 0.1) is 0 Å². The van der Waals surface area contributed by atoms with E-state index in [1.807, 2.05) is 12.1 Å². The summed E-state index contributed by atoms with van der Waals surface area (Å²) in [7, 11) is 0. The molecule has 7 heteroatoms. The molecule has 4 aromatic rings. The van der Waals surface area contributed by atoms with Crippen LogP contribution in [0.2, 0.25) is 0 Å². The van der Waals surface area contributed by atoms with E-state index in [-0.39, 0.29) is 17.7 Å². The van der Waals surface area contributed by atoms with Crippen LogP contribution in [0.25, 0.3) is 16.7 Å². The van der Waals surface area contributed by atoms with E-state index in [1.165, 1.54) is 21.4 Å². The molecular weight excluding hydrogens is 342 g/mol. The van der Waals surface area contributed by atoms with Gasteiger partial charge in [0.15, 0.2) is 5.65 Å². The molecule has 7 nitrogen and oxygen atoms in total. The third-order valence-corrected chi connectivity index (χ3v) is 5.05. The Labute approximate surface area is 154 Å². The molecule has 134 valence electrons. The van der Waals surface area contributed by atoms with E-state index in [1.54, 1.807) is 18.3 Å². The predicted octanol–water partition coefficient (Wildman–Crippen LogP) is 1.73. The van der Waals surface area contributed by atoms with Gasteiger partial charge in [0.1, 0.15) is 12.0 Å². The Hall–Kier alpha value is -3.35. The molecule has 0 fully saturated rings. The van der Waals surface area contributed by atoms with E-state index in [0.29, 0.717) is 22.4 Å². The second-order valence-corrected chi connectivity index (χ2v) is 6.86. The largest absolute Gasteiger partial charge is 0.293 e. The van der Waals surface area contributed by atoms with Gasteiger partial charge < -0.3 is 0 Å². The molecule has 0 atom stereocenters. The van der Waals surface area contributed by atoms with Gasteiger partial charge in [-0.2, -0.15) is 0 Å². The first-order valence-corrected chi connectivity index (χ1v) is 9.04. The summed E-state index contributed by atoms with van der Waals surface area (Å²) in [4.78, 5) is 38.6. The highest BCUT2D eigenvalue weighted by Gasteiger charge is 2.15. The van der Waals surface area contributed by atoms with Gasteiger partial charge >= 0.3 is 0 Å². The molecule has 1 aliphatic rings. The van der Waals surface area contributed by atoms with Crippen molar-refractivity contribution in [3.05, 3.63) is 80.5 Å². The number of pyridine rings is 2. The molecule has 4 heterocycles. The number of rotatable bonds is 2. The van der Waals surface area contributed by atoms with E-state index in [9.17, 15) is 9.59 Å². The zero-order valence-corrected chi connectivity index (χ0v) is 14.6. The number of hydrogen-bond donors (Lipinski definition) is 0. The van der Waals surface area contributed by atoms with Crippen LogP contribution in [0.15, 0.2) is 52.4 Å². The van der Waals surface area contributed by atoms with E-state index < -0.39 is 0 Å². The van der Waals surface area contributed by atoms with Crippen LogP contribution in [-0.2, 0) is 19.4 Å². The minimum absolute atomic E-state index is 0.157. The van der Waals surface area contributed by atoms with Crippen LogP contribution >= 0.6 is 0 Å². The fraction of sp³-hybridized carbons (Fsp3) is 0.250. The smallest absolute Gasteiger partial charge is 0.263 e. The van der Waals surface area contributed by atoms with Gasteiger partial charge in [0.2, 0.25) is 0 Å². The lowest BCUT2D eigenvalue weighted by Crippen LogP contribution is -2.24. The van der Waals surface area contributed by atoms with Gasteiger partial charge in [0, 0.05) is 18.0 Å². The highest BCUT2D eigenvalue weighted by atomic mass is 16.1. The van der Waals surface area contributed by atoms with Crippen LogP contribution in [0.1, 0.15) is 29.8 Å². The third kappa shape index (κ3) is 2.71. The van der Waals surface area contributed by atoms with Gasteiger partial charge in [-0.1, -0.05) is 6.07 Å². The summed E-state index contributed by atoms with van der Waals surface area (Å²) in [6.07, 6.45) is 7.32. The van der Waals surface area contributed by atoms with E-state index >= 15 is 0 Å². The second-order valence-electron chi connectivity index (χ2n) is 6.86. The molecule has 5 rings (SSSR count). The van der Waals surface area contributed by atoms with Gasteiger partial charge in [-0.3, -0.25) is 18.6 Å². The van der Waals surface area contributed by atoms with Crippen molar-refractivity contribution in [3.8, 4) is 0 Å². The summed E-state index contributed by atoms with van der Waals surface area (Å²) in [5.41, 5.74) is 3.44. The van der Waals surface area contributed by atoms with Gasteiger partial charge in [-0.05, 0) is 49.4 Å². The molecule has 0 bridgehead atoms. The summed E-state index contributed by atoms with van der Waals surface area (Å²) in [5, 5.41) is 0.524. The molecular formula is C20H17N5O2. The number of fused-ring (bicyclic) bond motifs is 3. The van der Waals surface area contributed by atoms with Crippen molar-refractivity contribution in [2.75, 3.05) is 0 Å². The van der Waals surface area contributed by atoms with E-state index in [0.717, 1.165) is 36.9 Å². The summed E-state index contributed by atoms with van der Waals surface area (Å²) in [6.45, 7) is 0.194. The maximum absolute atomic E-state index is 12.9. The normalized spacial score (nSPS) is 13.8. The minimum atomic E-state index is -0.173. The number of nitrogens with zero attached hydrogens (tertiary/aromatic N) is 5. The molecule has 0 unspecified atom stereocenters. The van der Waals surface area contributed by atoms with Crippen LogP contribution in [0.4, 0.5) is 0 Å². The first-order chi connectivity index (χ1) is 13.2. The first kappa shape index (κ1) is 15.9. The number of aryl methyl sites for hydroxylation is 2. The quantitative estimate of drug-likeness (QED) is 0.544. The molecule has 0 aromatic carbocycles. The Morgan fingerprint density at radius 3 is 2.85 bits per heavy atom. The highest BCUT2D eigenvalue weighted by molar-refractivity contribution is 5.74. The van der Waals surface area contributed by atoms with Crippen molar-refractivity contribution >= 4 is 16.7 Å². The van der Waals surface area contributed by atoms with Crippen molar-refractivity contribution in [1.82, 2.24) is 23.9 Å². The Bertz CT molecular complexity index is 1310. The van der Waals surface area contributed by atoms with Gasteiger partial charge in [-0.15, -0.1) is 0 Å². The average Bonchev–Trinajstić information content (AvgIpc) is 2.69. The molecule has 27 heavy (non-hydrogen) atoms. The monoisotopic (exact) mass is 359 g/mol. The Morgan fingerprint density at radius 1 is 1.04 bits per heavy atom. The molecule has 0 spiro atoms. The molecule has 0 aliphatic heterocycles. The highest BCUT2D eigenvalue weighted by Crippen LogP contribution is 2.21. The lowest BCUT2D eigenvalue weighted by Gasteiger charge is -2.15. The van der Waals surface area contributed by atoms with Crippen molar-refractivity contribution in [3.63, 3.8) is 0 Å². The maximum Gasteiger partial charge on any atom is 0.263 e. The number of hydrogen-bond acceptors (Lipinski definition) is 5. The van der Waals surface area contributed by atoms with Gasteiger partial charge in [-0.25, -0.2) is 15.0 Å². The molecule has 4 aromatic heterocycles. The molecule has 0 amide bonds. The van der Waals surface area contributed by atoms with Crippen molar-refractivity contribution < 1.29 is 0 Å². The second kappa shape index (κ2) is 6.12. The summed E-state index contributed by atoms with van der Waals surface area (Å²) < 4.78 is 2.96. The summed E-state index contributed by atoms with van der Waals surface area (Å²) in [6, 6.07) is 8.76. The Morgan fingerprint density at radius 2 is 1.93 bits per heavy atom. The van der Waals surface area contributed by atoms with Crippen molar-refractivity contribution in [2.45, 2.75) is 32.2 Å². The molecule has 0 radical (unpaired) electrons. The maximum atomic E-state index is 12.9. The Kier molecular flexibility index (Phi) is 3.60.